The van der Waals surface area contributed by atoms with Crippen molar-refractivity contribution in [1.29, 1.82) is 0 Å². The summed E-state index contributed by atoms with van der Waals surface area (Å²) in [5, 5.41) is 15.2. The molecule has 2 rings (SSSR count). The lowest BCUT2D eigenvalue weighted by atomic mass is 10.3. The molecule has 0 aliphatic carbocycles. The summed E-state index contributed by atoms with van der Waals surface area (Å²) in [7, 11) is -3.82. The number of aromatic amines is 1. The quantitative estimate of drug-likeness (QED) is 0.744. The van der Waals surface area contributed by atoms with E-state index >= 15 is 0 Å². The molecule has 2 heterocycles. The van der Waals surface area contributed by atoms with Gasteiger partial charge in [-0.05, 0) is 19.1 Å². The van der Waals surface area contributed by atoms with Gasteiger partial charge in [0.05, 0.1) is 12.3 Å². The highest BCUT2D eigenvalue weighted by atomic mass is 32.2. The van der Waals surface area contributed by atoms with Crippen molar-refractivity contribution in [2.75, 3.05) is 4.72 Å². The van der Waals surface area contributed by atoms with Crippen molar-refractivity contribution >= 4 is 15.7 Å². The van der Waals surface area contributed by atoms with Crippen molar-refractivity contribution < 1.29 is 13.5 Å². The van der Waals surface area contributed by atoms with Crippen LogP contribution in [0, 0.1) is 6.92 Å². The van der Waals surface area contributed by atoms with E-state index in [1.807, 2.05) is 0 Å². The maximum absolute atomic E-state index is 12.1. The van der Waals surface area contributed by atoms with Crippen molar-refractivity contribution in [3.63, 3.8) is 0 Å². The van der Waals surface area contributed by atoms with E-state index in [4.69, 9.17) is 5.11 Å². The number of hydrogen-bond donors (Lipinski definition) is 3. The molecule has 0 atom stereocenters. The number of nitrogens with zero attached hydrogens (tertiary/aromatic N) is 2. The summed E-state index contributed by atoms with van der Waals surface area (Å²) >= 11 is 0. The van der Waals surface area contributed by atoms with Crippen LogP contribution in [-0.2, 0) is 16.6 Å². The normalized spacial score (nSPS) is 11.4. The van der Waals surface area contributed by atoms with Gasteiger partial charge in [-0.25, -0.2) is 0 Å². The van der Waals surface area contributed by atoms with Gasteiger partial charge < -0.3 is 5.11 Å². The number of aryl methyl sites for hydroxylation is 1. The zero-order valence-corrected chi connectivity index (χ0v) is 10.4. The summed E-state index contributed by atoms with van der Waals surface area (Å²) in [4.78, 5) is 3.79. The molecule has 0 bridgehead atoms. The number of aliphatic hydroxyl groups excluding tert-OH is 1. The highest BCUT2D eigenvalue weighted by Crippen LogP contribution is 2.19. The van der Waals surface area contributed by atoms with Gasteiger partial charge in [-0.2, -0.15) is 13.5 Å². The molecule has 18 heavy (non-hydrogen) atoms. The average Bonchev–Trinajstić information content (AvgIpc) is 2.72. The van der Waals surface area contributed by atoms with Crippen LogP contribution in [0.25, 0.3) is 0 Å². The molecule has 0 unspecified atom stereocenters. The topological polar surface area (TPSA) is 108 Å². The number of anilines is 1. The third-order valence-corrected chi connectivity index (χ3v) is 3.73. The third-order valence-electron chi connectivity index (χ3n) is 2.38. The van der Waals surface area contributed by atoms with Crippen molar-refractivity contribution in [3.8, 4) is 0 Å². The third kappa shape index (κ3) is 2.34. The first-order valence-corrected chi connectivity index (χ1v) is 6.60. The van der Waals surface area contributed by atoms with E-state index in [-0.39, 0.29) is 10.6 Å². The standard InChI is InChI=1S/C10H12N4O3S/c1-7-9(6-15)10(13-12-7)18(16,17)14-8-2-4-11-5-3-8/h2-5,15H,6H2,1H3,(H,11,14)(H,12,13). The predicted octanol–water partition coefficient (Wildman–Crippen LogP) is 0.406. The van der Waals surface area contributed by atoms with Gasteiger partial charge >= 0.3 is 0 Å². The lowest BCUT2D eigenvalue weighted by Gasteiger charge is -2.06. The van der Waals surface area contributed by atoms with E-state index in [2.05, 4.69) is 19.9 Å². The summed E-state index contributed by atoms with van der Waals surface area (Å²) in [5.74, 6) is 0. The number of sulfonamides is 1. The van der Waals surface area contributed by atoms with Crippen molar-refractivity contribution in [2.24, 2.45) is 0 Å². The molecule has 0 aromatic carbocycles. The molecule has 7 nitrogen and oxygen atoms in total. The largest absolute Gasteiger partial charge is 0.392 e. The number of pyridine rings is 1. The molecule has 0 fully saturated rings. The molecular formula is C10H12N4O3S. The van der Waals surface area contributed by atoms with Crippen molar-refractivity contribution in [2.45, 2.75) is 18.6 Å². The molecule has 0 spiro atoms. The molecule has 0 amide bonds. The van der Waals surface area contributed by atoms with Crippen LogP contribution in [0.1, 0.15) is 11.3 Å². The molecule has 0 saturated carbocycles. The Labute approximate surface area is 104 Å². The lowest BCUT2D eigenvalue weighted by Crippen LogP contribution is -2.15. The second-order valence-corrected chi connectivity index (χ2v) is 5.23. The number of aliphatic hydroxyl groups is 1. The Bertz CT molecular complexity index is 636. The van der Waals surface area contributed by atoms with E-state index in [1.165, 1.54) is 24.5 Å². The van der Waals surface area contributed by atoms with Gasteiger partial charge in [-0.15, -0.1) is 0 Å². The first kappa shape index (κ1) is 12.5. The smallest absolute Gasteiger partial charge is 0.281 e. The van der Waals surface area contributed by atoms with Gasteiger partial charge in [0, 0.05) is 23.7 Å². The van der Waals surface area contributed by atoms with Crippen LogP contribution in [0.15, 0.2) is 29.6 Å². The SMILES string of the molecule is Cc1[nH]nc(S(=O)(=O)Nc2ccncc2)c1CO. The Kier molecular flexibility index (Phi) is 3.30. The summed E-state index contributed by atoms with van der Waals surface area (Å²) in [5.41, 5.74) is 1.17. The van der Waals surface area contributed by atoms with Gasteiger partial charge in [0.1, 0.15) is 0 Å². The van der Waals surface area contributed by atoms with Crippen molar-refractivity contribution in [3.05, 3.63) is 35.8 Å². The lowest BCUT2D eigenvalue weighted by molar-refractivity contribution is 0.277. The maximum Gasteiger partial charge on any atom is 0.281 e. The monoisotopic (exact) mass is 268 g/mol. The molecule has 8 heteroatoms. The van der Waals surface area contributed by atoms with Crippen LogP contribution in [0.2, 0.25) is 0 Å². The Morgan fingerprint density at radius 1 is 1.39 bits per heavy atom. The molecule has 3 N–H and O–H groups in total. The van der Waals surface area contributed by atoms with E-state index in [0.717, 1.165) is 0 Å². The Morgan fingerprint density at radius 2 is 2.06 bits per heavy atom. The van der Waals surface area contributed by atoms with Gasteiger partial charge in [0.15, 0.2) is 0 Å². The molecule has 2 aromatic rings. The zero-order valence-electron chi connectivity index (χ0n) is 9.58. The van der Waals surface area contributed by atoms with E-state index in [1.54, 1.807) is 6.92 Å². The summed E-state index contributed by atoms with van der Waals surface area (Å²) in [6, 6.07) is 3.05. The molecule has 0 aliphatic heterocycles. The van der Waals surface area contributed by atoms with E-state index in [0.29, 0.717) is 11.4 Å². The minimum absolute atomic E-state index is 0.195. The van der Waals surface area contributed by atoms with E-state index < -0.39 is 16.6 Å². The summed E-state index contributed by atoms with van der Waals surface area (Å²) in [6.07, 6.45) is 2.95. The molecule has 0 aliphatic rings. The maximum atomic E-state index is 12.1. The van der Waals surface area contributed by atoms with E-state index in [9.17, 15) is 8.42 Å². The van der Waals surface area contributed by atoms with Crippen LogP contribution in [-0.4, -0.2) is 28.7 Å². The Morgan fingerprint density at radius 3 is 2.67 bits per heavy atom. The Balaban J connectivity index is 2.37. The van der Waals surface area contributed by atoms with Gasteiger partial charge in [-0.1, -0.05) is 0 Å². The first-order chi connectivity index (χ1) is 8.54. The van der Waals surface area contributed by atoms with Gasteiger partial charge in [0.2, 0.25) is 5.03 Å². The van der Waals surface area contributed by atoms with Crippen LogP contribution in [0.3, 0.4) is 0 Å². The van der Waals surface area contributed by atoms with Crippen LogP contribution < -0.4 is 4.72 Å². The highest BCUT2D eigenvalue weighted by molar-refractivity contribution is 7.92. The fourth-order valence-corrected chi connectivity index (χ4v) is 2.71. The number of nitrogens with one attached hydrogen (secondary N) is 2. The second kappa shape index (κ2) is 4.75. The number of rotatable bonds is 4. The fraction of sp³-hybridized carbons (Fsp3) is 0.200. The molecule has 0 radical (unpaired) electrons. The highest BCUT2D eigenvalue weighted by Gasteiger charge is 2.23. The molecule has 2 aromatic heterocycles. The van der Waals surface area contributed by atoms with Crippen molar-refractivity contribution in [1.82, 2.24) is 15.2 Å². The predicted molar refractivity (Wildman–Crippen MR) is 64.3 cm³/mol. The molecule has 0 saturated heterocycles. The van der Waals surface area contributed by atoms with Crippen LogP contribution in [0.4, 0.5) is 5.69 Å². The van der Waals surface area contributed by atoms with Gasteiger partial charge in [-0.3, -0.25) is 14.8 Å². The molecular weight excluding hydrogens is 256 g/mol. The molecule has 96 valence electrons. The minimum atomic E-state index is -3.82. The first-order valence-electron chi connectivity index (χ1n) is 5.12. The Hall–Kier alpha value is -1.93. The summed E-state index contributed by atoms with van der Waals surface area (Å²) in [6.45, 7) is 1.25. The van der Waals surface area contributed by atoms with Crippen LogP contribution in [0.5, 0.6) is 0 Å². The number of hydrogen-bond acceptors (Lipinski definition) is 5. The zero-order chi connectivity index (χ0) is 13.2. The number of aromatic nitrogens is 3. The minimum Gasteiger partial charge on any atom is -0.392 e. The average molecular weight is 268 g/mol. The van der Waals surface area contributed by atoms with Gasteiger partial charge in [0.25, 0.3) is 10.0 Å². The summed E-state index contributed by atoms with van der Waals surface area (Å²) < 4.78 is 26.5. The fourth-order valence-electron chi connectivity index (χ4n) is 1.46. The second-order valence-electron chi connectivity index (χ2n) is 3.63. The number of H-pyrrole nitrogens is 1. The van der Waals surface area contributed by atoms with Crippen LogP contribution >= 0.6 is 0 Å².